The molecule has 7 heteroatoms. The third kappa shape index (κ3) is 1.86. The lowest BCUT2D eigenvalue weighted by Gasteiger charge is -2.24. The summed E-state index contributed by atoms with van der Waals surface area (Å²) in [5, 5.41) is 1.84. The van der Waals surface area contributed by atoms with Crippen LogP contribution >= 0.6 is 0 Å². The molecule has 0 radical (unpaired) electrons. The quantitative estimate of drug-likeness (QED) is 0.743. The number of nitrogens with one attached hydrogen (secondary N) is 1. The van der Waals surface area contributed by atoms with Crippen molar-refractivity contribution >= 4 is 23.5 Å². The number of imide groups is 2. The fourth-order valence-electron chi connectivity index (χ4n) is 1.46. The normalized spacial score (nSPS) is 16.1. The van der Waals surface area contributed by atoms with Crippen molar-refractivity contribution in [1.29, 1.82) is 0 Å². The molecular formula is C10H6F2N2O3. The maximum absolute atomic E-state index is 13.4. The van der Waals surface area contributed by atoms with Crippen LogP contribution in [-0.2, 0) is 9.59 Å². The number of carbonyl (C=O) groups is 3. The summed E-state index contributed by atoms with van der Waals surface area (Å²) in [5.74, 6) is -4.17. The minimum absolute atomic E-state index is 0.403. The minimum atomic E-state index is -1.31. The molecule has 1 aliphatic rings. The first-order valence-electron chi connectivity index (χ1n) is 4.61. The first-order chi connectivity index (χ1) is 8.00. The third-order valence-corrected chi connectivity index (χ3v) is 2.18. The summed E-state index contributed by atoms with van der Waals surface area (Å²) >= 11 is 0. The number of halogens is 2. The average molecular weight is 240 g/mol. The van der Waals surface area contributed by atoms with Crippen LogP contribution in [0, 0.1) is 11.6 Å². The second kappa shape index (κ2) is 3.93. The monoisotopic (exact) mass is 240 g/mol. The molecule has 88 valence electrons. The highest BCUT2D eigenvalue weighted by atomic mass is 19.2. The standard InChI is InChI=1S/C10H6F2N2O3/c11-5-2-1-3-6(9(5)12)14-8(16)4-7(15)13-10(14)17/h1-3H,4H2,(H,13,15,17). The summed E-state index contributed by atoms with van der Waals surface area (Å²) in [6.45, 7) is 0. The van der Waals surface area contributed by atoms with Crippen molar-refractivity contribution in [3.8, 4) is 0 Å². The van der Waals surface area contributed by atoms with Gasteiger partial charge in [0, 0.05) is 0 Å². The van der Waals surface area contributed by atoms with E-state index in [1.807, 2.05) is 5.32 Å². The Morgan fingerprint density at radius 1 is 1.18 bits per heavy atom. The van der Waals surface area contributed by atoms with E-state index in [1.54, 1.807) is 0 Å². The van der Waals surface area contributed by atoms with Gasteiger partial charge < -0.3 is 0 Å². The lowest BCUT2D eigenvalue weighted by Crippen LogP contribution is -2.53. The zero-order valence-electron chi connectivity index (χ0n) is 8.37. The van der Waals surface area contributed by atoms with Crippen molar-refractivity contribution in [2.45, 2.75) is 6.42 Å². The van der Waals surface area contributed by atoms with E-state index in [2.05, 4.69) is 0 Å². The molecule has 1 N–H and O–H groups in total. The Balaban J connectivity index is 2.46. The van der Waals surface area contributed by atoms with Crippen LogP contribution in [-0.4, -0.2) is 17.8 Å². The zero-order valence-corrected chi connectivity index (χ0v) is 8.37. The van der Waals surface area contributed by atoms with Gasteiger partial charge in [-0.15, -0.1) is 0 Å². The van der Waals surface area contributed by atoms with Crippen molar-refractivity contribution in [3.63, 3.8) is 0 Å². The summed E-state index contributed by atoms with van der Waals surface area (Å²) in [4.78, 5) is 34.1. The number of nitrogens with zero attached hydrogens (tertiary/aromatic N) is 1. The number of hydrogen-bond acceptors (Lipinski definition) is 3. The second-order valence-corrected chi connectivity index (χ2v) is 3.33. The van der Waals surface area contributed by atoms with E-state index in [1.165, 1.54) is 0 Å². The lowest BCUT2D eigenvalue weighted by atomic mass is 10.2. The molecule has 0 atom stereocenters. The molecule has 1 heterocycles. The van der Waals surface area contributed by atoms with Gasteiger partial charge in [0.15, 0.2) is 11.6 Å². The lowest BCUT2D eigenvalue weighted by molar-refractivity contribution is -0.128. The number of benzene rings is 1. The molecule has 0 aliphatic carbocycles. The summed E-state index contributed by atoms with van der Waals surface area (Å²) in [6.07, 6.45) is -0.582. The molecule has 1 fully saturated rings. The SMILES string of the molecule is O=C1CC(=O)N(c2cccc(F)c2F)C(=O)N1. The molecule has 0 saturated carbocycles. The fraction of sp³-hybridized carbons (Fsp3) is 0.100. The van der Waals surface area contributed by atoms with Gasteiger partial charge in [0.25, 0.3) is 0 Å². The predicted octanol–water partition coefficient (Wildman–Crippen LogP) is 0.938. The van der Waals surface area contributed by atoms with Gasteiger partial charge in [0.1, 0.15) is 6.42 Å². The molecule has 1 saturated heterocycles. The number of barbiturate groups is 1. The summed E-state index contributed by atoms with van der Waals surface area (Å²) < 4.78 is 26.3. The Kier molecular flexibility index (Phi) is 2.58. The summed E-state index contributed by atoms with van der Waals surface area (Å²) in [6, 6.07) is 2.00. The van der Waals surface area contributed by atoms with Crippen LogP contribution in [0.15, 0.2) is 18.2 Å². The Hall–Kier alpha value is -2.31. The second-order valence-electron chi connectivity index (χ2n) is 3.33. The van der Waals surface area contributed by atoms with Crippen LogP contribution in [0.4, 0.5) is 19.3 Å². The largest absolute Gasteiger partial charge is 0.335 e. The molecule has 2 rings (SSSR count). The van der Waals surface area contributed by atoms with Crippen molar-refractivity contribution in [1.82, 2.24) is 5.32 Å². The van der Waals surface area contributed by atoms with Gasteiger partial charge in [-0.25, -0.2) is 18.5 Å². The Labute approximate surface area is 94.0 Å². The summed E-state index contributed by atoms with van der Waals surface area (Å²) in [7, 11) is 0. The van der Waals surface area contributed by atoms with E-state index in [4.69, 9.17) is 0 Å². The van der Waals surface area contributed by atoms with Gasteiger partial charge in [-0.3, -0.25) is 14.9 Å². The molecule has 0 aromatic heterocycles. The molecule has 5 nitrogen and oxygen atoms in total. The fourth-order valence-corrected chi connectivity index (χ4v) is 1.46. The number of hydrogen-bond donors (Lipinski definition) is 1. The zero-order chi connectivity index (χ0) is 12.6. The molecule has 0 bridgehead atoms. The molecular weight excluding hydrogens is 234 g/mol. The van der Waals surface area contributed by atoms with Crippen LogP contribution in [0.3, 0.4) is 0 Å². The smallest absolute Gasteiger partial charge is 0.277 e. The Morgan fingerprint density at radius 2 is 1.88 bits per heavy atom. The van der Waals surface area contributed by atoms with Crippen molar-refractivity contribution < 1.29 is 23.2 Å². The molecule has 4 amide bonds. The van der Waals surface area contributed by atoms with Crippen LogP contribution in [0.2, 0.25) is 0 Å². The molecule has 0 spiro atoms. The van der Waals surface area contributed by atoms with Gasteiger partial charge in [-0.2, -0.15) is 0 Å². The third-order valence-electron chi connectivity index (χ3n) is 2.18. The highest BCUT2D eigenvalue weighted by molar-refractivity contribution is 6.26. The van der Waals surface area contributed by atoms with Crippen LogP contribution in [0.5, 0.6) is 0 Å². The molecule has 17 heavy (non-hydrogen) atoms. The van der Waals surface area contributed by atoms with E-state index in [0.717, 1.165) is 18.2 Å². The van der Waals surface area contributed by atoms with Crippen molar-refractivity contribution in [3.05, 3.63) is 29.8 Å². The van der Waals surface area contributed by atoms with Crippen LogP contribution < -0.4 is 10.2 Å². The van der Waals surface area contributed by atoms with Crippen LogP contribution in [0.1, 0.15) is 6.42 Å². The maximum Gasteiger partial charge on any atom is 0.335 e. The topological polar surface area (TPSA) is 66.5 Å². The van der Waals surface area contributed by atoms with Gasteiger partial charge >= 0.3 is 6.03 Å². The van der Waals surface area contributed by atoms with Crippen molar-refractivity contribution in [2.75, 3.05) is 4.90 Å². The van der Waals surface area contributed by atoms with E-state index >= 15 is 0 Å². The number of anilines is 1. The first kappa shape index (κ1) is 11.2. The van der Waals surface area contributed by atoms with E-state index in [0.29, 0.717) is 4.90 Å². The number of carbonyl (C=O) groups excluding carboxylic acids is 3. The van der Waals surface area contributed by atoms with E-state index in [-0.39, 0.29) is 0 Å². The number of rotatable bonds is 1. The van der Waals surface area contributed by atoms with E-state index in [9.17, 15) is 23.2 Å². The highest BCUT2D eigenvalue weighted by Crippen LogP contribution is 2.23. The predicted molar refractivity (Wildman–Crippen MR) is 52.0 cm³/mol. The van der Waals surface area contributed by atoms with Gasteiger partial charge in [0.2, 0.25) is 11.8 Å². The number of amides is 4. The van der Waals surface area contributed by atoms with Crippen LogP contribution in [0.25, 0.3) is 0 Å². The minimum Gasteiger partial charge on any atom is -0.277 e. The molecule has 0 unspecified atom stereocenters. The first-order valence-corrected chi connectivity index (χ1v) is 4.61. The highest BCUT2D eigenvalue weighted by Gasteiger charge is 2.34. The Morgan fingerprint density at radius 3 is 2.53 bits per heavy atom. The molecule has 1 aromatic carbocycles. The Bertz CT molecular complexity index is 510. The van der Waals surface area contributed by atoms with Gasteiger partial charge in [-0.1, -0.05) is 6.07 Å². The van der Waals surface area contributed by atoms with Crippen molar-refractivity contribution in [2.24, 2.45) is 0 Å². The average Bonchev–Trinajstić information content (AvgIpc) is 2.23. The number of urea groups is 1. The summed E-state index contributed by atoms with van der Waals surface area (Å²) in [5.41, 5.74) is -0.514. The van der Waals surface area contributed by atoms with Gasteiger partial charge in [-0.05, 0) is 12.1 Å². The maximum atomic E-state index is 13.4. The van der Waals surface area contributed by atoms with Gasteiger partial charge in [0.05, 0.1) is 5.69 Å². The van der Waals surface area contributed by atoms with E-state index < -0.39 is 41.6 Å². The molecule has 1 aromatic rings. The molecule has 1 aliphatic heterocycles.